The molecule has 2 fully saturated rings. The lowest BCUT2D eigenvalue weighted by molar-refractivity contribution is 0.0216. The Morgan fingerprint density at radius 3 is 2.51 bits per heavy atom. The van der Waals surface area contributed by atoms with Gasteiger partial charge in [-0.2, -0.15) is 4.98 Å². The molecule has 0 aliphatic heterocycles. The van der Waals surface area contributed by atoms with Crippen molar-refractivity contribution in [1.82, 2.24) is 19.9 Å². The van der Waals surface area contributed by atoms with Gasteiger partial charge in [-0.3, -0.25) is 4.98 Å². The van der Waals surface area contributed by atoms with Crippen molar-refractivity contribution in [3.05, 3.63) is 59.0 Å². The highest BCUT2D eigenvalue weighted by atomic mass is 32.2. The lowest BCUT2D eigenvalue weighted by Gasteiger charge is -2.21. The van der Waals surface area contributed by atoms with Crippen molar-refractivity contribution in [3.8, 4) is 10.6 Å². The number of fused-ring (bicyclic) bond motifs is 1. The van der Waals surface area contributed by atoms with Gasteiger partial charge >= 0.3 is 0 Å². The largest absolute Gasteiger partial charge is 0.390 e. The molecule has 228 valence electrons. The summed E-state index contributed by atoms with van der Waals surface area (Å²) in [5, 5.41) is 28.4. The fourth-order valence-corrected chi connectivity index (χ4v) is 7.86. The molecular weight excluding hydrogens is 598 g/mol. The molecule has 4 N–H and O–H groups in total. The molecule has 1 aromatic carbocycles. The Labute approximate surface area is 251 Å². The highest BCUT2D eigenvalue weighted by Crippen LogP contribution is 2.44. The van der Waals surface area contributed by atoms with E-state index in [1.54, 1.807) is 20.0 Å². The number of nitrogens with zero attached hydrogens (tertiary/aromatic N) is 4. The number of hydrogen-bond donors (Lipinski definition) is 4. The average molecular weight is 631 g/mol. The monoisotopic (exact) mass is 630 g/mol. The lowest BCUT2D eigenvalue weighted by Crippen LogP contribution is -2.36. The zero-order chi connectivity index (χ0) is 30.5. The van der Waals surface area contributed by atoms with E-state index in [-0.39, 0.29) is 36.0 Å². The van der Waals surface area contributed by atoms with Crippen LogP contribution in [0.2, 0.25) is 0 Å². The Balaban J connectivity index is 1.37. The third-order valence-electron chi connectivity index (χ3n) is 8.12. The number of rotatable bonds is 10. The van der Waals surface area contributed by atoms with Crippen molar-refractivity contribution in [3.63, 3.8) is 0 Å². The summed E-state index contributed by atoms with van der Waals surface area (Å²) in [5.41, 5.74) is 2.69. The minimum absolute atomic E-state index is 0.0629. The fourth-order valence-electron chi connectivity index (χ4n) is 5.57. The number of pyridine rings is 1. The molecule has 0 saturated heterocycles. The number of halogens is 2. The van der Waals surface area contributed by atoms with Crippen LogP contribution in [0.15, 0.2) is 30.5 Å². The minimum Gasteiger partial charge on any atom is -0.390 e. The number of aromatic nitrogens is 4. The van der Waals surface area contributed by atoms with Gasteiger partial charge in [0.15, 0.2) is 0 Å². The third kappa shape index (κ3) is 6.06. The highest BCUT2D eigenvalue weighted by Gasteiger charge is 2.43. The van der Waals surface area contributed by atoms with Crippen LogP contribution in [0, 0.1) is 24.5 Å². The molecule has 0 radical (unpaired) electrons. The number of benzene rings is 1. The Hall–Kier alpha value is -3.33. The van der Waals surface area contributed by atoms with E-state index in [0.717, 1.165) is 28.8 Å². The second-order valence-electron chi connectivity index (χ2n) is 11.2. The molecule has 2 saturated carbocycles. The van der Waals surface area contributed by atoms with E-state index < -0.39 is 45.6 Å². The summed E-state index contributed by atoms with van der Waals surface area (Å²) in [7, 11) is -3.39. The third-order valence-corrected chi connectivity index (χ3v) is 11.0. The number of anilines is 2. The van der Waals surface area contributed by atoms with E-state index in [9.17, 15) is 27.4 Å². The maximum atomic E-state index is 14.3. The number of aryl methyl sites for hydroxylation is 1. The van der Waals surface area contributed by atoms with Gasteiger partial charge in [0.25, 0.3) is 0 Å². The normalized spacial score (nSPS) is 22.3. The molecule has 14 heteroatoms. The summed E-state index contributed by atoms with van der Waals surface area (Å²) < 4.78 is 54.1. The van der Waals surface area contributed by atoms with Crippen molar-refractivity contribution in [1.29, 1.82) is 0 Å². The number of aliphatic hydroxyl groups is 2. The lowest BCUT2D eigenvalue weighted by atomic mass is 10.1. The molecule has 0 spiro atoms. The fraction of sp³-hybridized carbons (Fsp3) is 0.448. The van der Waals surface area contributed by atoms with Gasteiger partial charge in [-0.25, -0.2) is 27.2 Å². The molecule has 0 unspecified atom stereocenters. The smallest absolute Gasteiger partial charge is 0.225 e. The van der Waals surface area contributed by atoms with Crippen LogP contribution in [-0.4, -0.2) is 68.3 Å². The second-order valence-corrected chi connectivity index (χ2v) is 14.6. The predicted molar refractivity (Wildman–Crippen MR) is 161 cm³/mol. The van der Waals surface area contributed by atoms with Crippen molar-refractivity contribution in [2.75, 3.05) is 22.1 Å². The van der Waals surface area contributed by atoms with Crippen LogP contribution >= 0.6 is 11.3 Å². The molecule has 6 rings (SSSR count). The van der Waals surface area contributed by atoms with Gasteiger partial charge < -0.3 is 20.8 Å². The minimum atomic E-state index is -3.39. The topological polar surface area (TPSA) is 150 Å². The Morgan fingerprint density at radius 1 is 1.07 bits per heavy atom. The molecule has 0 amide bonds. The SMILES string of the molecule is CCS(=O)(=O)C[C@H]1C[C@@H](Nc2nc(NCc3c(F)cccc3F)nc(C)c2-c2nc3c(C4CC4)nccc3s2)[C@H](O)[C@@H]1O. The quantitative estimate of drug-likeness (QED) is 0.201. The van der Waals surface area contributed by atoms with Crippen LogP contribution in [0.4, 0.5) is 20.5 Å². The van der Waals surface area contributed by atoms with Crippen molar-refractivity contribution >= 4 is 43.2 Å². The zero-order valence-corrected chi connectivity index (χ0v) is 25.2. The van der Waals surface area contributed by atoms with Crippen LogP contribution in [0.25, 0.3) is 20.8 Å². The van der Waals surface area contributed by atoms with Crippen LogP contribution in [0.3, 0.4) is 0 Å². The van der Waals surface area contributed by atoms with Gasteiger partial charge in [0.2, 0.25) is 5.95 Å². The Bertz CT molecular complexity index is 1760. The maximum absolute atomic E-state index is 14.3. The predicted octanol–water partition coefficient (Wildman–Crippen LogP) is 4.18. The van der Waals surface area contributed by atoms with E-state index in [1.807, 2.05) is 6.07 Å². The molecule has 4 aromatic rings. The number of thiazole rings is 1. The van der Waals surface area contributed by atoms with Crippen molar-refractivity contribution in [2.45, 2.75) is 63.8 Å². The summed E-state index contributed by atoms with van der Waals surface area (Å²) in [5.74, 6) is -1.62. The molecule has 10 nitrogen and oxygen atoms in total. The first-order valence-corrected chi connectivity index (χ1v) is 16.8. The average Bonchev–Trinajstić information content (AvgIpc) is 3.67. The zero-order valence-electron chi connectivity index (χ0n) is 23.6. The first-order valence-electron chi connectivity index (χ1n) is 14.2. The summed E-state index contributed by atoms with van der Waals surface area (Å²) in [6, 6.07) is 4.80. The summed E-state index contributed by atoms with van der Waals surface area (Å²) >= 11 is 1.45. The summed E-state index contributed by atoms with van der Waals surface area (Å²) in [6.07, 6.45) is 1.58. The number of aliphatic hydroxyl groups excluding tert-OH is 2. The summed E-state index contributed by atoms with van der Waals surface area (Å²) in [6.45, 7) is 3.10. The molecule has 0 bridgehead atoms. The standard InChI is InChI=1S/C29H32F2N6O4S2/c1-3-43(40,41)13-16-11-20(26(39)25(16)38)35-27-22(28-36-24-21(42-28)9-10-32-23(24)15-7-8-15)14(2)34-29(37-27)33-12-17-18(30)5-4-6-19(17)31/h4-6,9-10,15-16,20,25-26,38-39H,3,7-8,11-13H2,1-2H3,(H2,33,34,35,37)/t16-,20-,25-,26+/m1/s1. The van der Waals surface area contributed by atoms with E-state index in [0.29, 0.717) is 28.0 Å². The van der Waals surface area contributed by atoms with E-state index in [1.165, 1.54) is 29.5 Å². The van der Waals surface area contributed by atoms with Gasteiger partial charge in [-0.15, -0.1) is 11.3 Å². The van der Waals surface area contributed by atoms with E-state index >= 15 is 0 Å². The molecule has 2 aliphatic rings. The van der Waals surface area contributed by atoms with Gasteiger partial charge in [0, 0.05) is 35.9 Å². The van der Waals surface area contributed by atoms with Crippen molar-refractivity contribution in [2.24, 2.45) is 5.92 Å². The molecule has 2 aliphatic carbocycles. The van der Waals surface area contributed by atoms with Gasteiger partial charge in [-0.05, 0) is 44.4 Å². The van der Waals surface area contributed by atoms with Crippen LogP contribution in [0.1, 0.15) is 49.1 Å². The number of sulfone groups is 1. The number of nitrogens with one attached hydrogen (secondary N) is 2. The number of hydrogen-bond acceptors (Lipinski definition) is 11. The Morgan fingerprint density at radius 2 is 1.81 bits per heavy atom. The highest BCUT2D eigenvalue weighted by molar-refractivity contribution is 7.91. The van der Waals surface area contributed by atoms with Gasteiger partial charge in [0.05, 0.1) is 39.5 Å². The summed E-state index contributed by atoms with van der Waals surface area (Å²) in [4.78, 5) is 18.7. The molecule has 3 heterocycles. The van der Waals surface area contributed by atoms with Crippen LogP contribution in [0.5, 0.6) is 0 Å². The van der Waals surface area contributed by atoms with E-state index in [2.05, 4.69) is 25.6 Å². The first-order chi connectivity index (χ1) is 20.5. The van der Waals surface area contributed by atoms with E-state index in [4.69, 9.17) is 4.98 Å². The van der Waals surface area contributed by atoms with Crippen molar-refractivity contribution < 1.29 is 27.4 Å². The molecule has 4 atom stereocenters. The van der Waals surface area contributed by atoms with Gasteiger partial charge in [0.1, 0.15) is 43.9 Å². The van der Waals surface area contributed by atoms with Gasteiger partial charge in [-0.1, -0.05) is 13.0 Å². The molecule has 43 heavy (non-hydrogen) atoms. The first kappa shape index (κ1) is 29.7. The van der Waals surface area contributed by atoms with Crippen LogP contribution < -0.4 is 10.6 Å². The molecule has 3 aromatic heterocycles. The maximum Gasteiger partial charge on any atom is 0.225 e. The second kappa shape index (κ2) is 11.6. The molecular formula is C29H32F2N6O4S2. The van der Waals surface area contributed by atoms with Crippen LogP contribution in [-0.2, 0) is 16.4 Å². The Kier molecular flexibility index (Phi) is 8.05.